The molecule has 0 saturated heterocycles. The quantitative estimate of drug-likeness (QED) is 0.826. The Morgan fingerprint density at radius 1 is 1.33 bits per heavy atom. The molecule has 0 bridgehead atoms. The molecule has 0 aromatic heterocycles. The molecular weight excluding hydrogens is 235 g/mol. The molecule has 2 rings (SSSR count). The van der Waals surface area contributed by atoms with Gasteiger partial charge in [-0.3, -0.25) is 0 Å². The van der Waals surface area contributed by atoms with Gasteiger partial charge in [-0.2, -0.15) is 0 Å². The van der Waals surface area contributed by atoms with Crippen LogP contribution in [0.1, 0.15) is 38.2 Å². The maximum Gasteiger partial charge on any atom is 0.164 e. The summed E-state index contributed by atoms with van der Waals surface area (Å²) in [6, 6.07) is 3.06. The Hall–Kier alpha value is -1.58. The van der Waals surface area contributed by atoms with Gasteiger partial charge in [0.25, 0.3) is 0 Å². The van der Waals surface area contributed by atoms with Crippen molar-refractivity contribution in [3.63, 3.8) is 0 Å². The van der Waals surface area contributed by atoms with E-state index in [9.17, 15) is 9.18 Å². The molecule has 0 spiro atoms. The summed E-state index contributed by atoms with van der Waals surface area (Å²) < 4.78 is 24.7. The number of Topliss-reactive ketones (excluding diaryl/α,β-unsaturated/α-hetero) is 1. The molecule has 1 heterocycles. The molecule has 98 valence electrons. The second kappa shape index (κ2) is 5.38. The number of ketones is 1. The monoisotopic (exact) mass is 252 g/mol. The van der Waals surface area contributed by atoms with E-state index in [1.54, 1.807) is 13.0 Å². The van der Waals surface area contributed by atoms with Crippen molar-refractivity contribution >= 4 is 5.78 Å². The van der Waals surface area contributed by atoms with Crippen molar-refractivity contribution in [2.45, 2.75) is 32.6 Å². The molecule has 3 nitrogen and oxygen atoms in total. The van der Waals surface area contributed by atoms with E-state index in [0.717, 1.165) is 0 Å². The van der Waals surface area contributed by atoms with Gasteiger partial charge >= 0.3 is 0 Å². The van der Waals surface area contributed by atoms with Crippen molar-refractivity contribution in [3.8, 4) is 11.5 Å². The molecule has 0 aliphatic carbocycles. The molecule has 1 aromatic rings. The Kier molecular flexibility index (Phi) is 3.84. The third-order valence-corrected chi connectivity index (χ3v) is 3.12. The SMILES string of the molecule is CC(=O)CCC(C)c1cc2c(cc1F)OCCO2. The second-order valence-electron chi connectivity index (χ2n) is 4.66. The Balaban J connectivity index is 2.19. The summed E-state index contributed by atoms with van der Waals surface area (Å²) in [5, 5.41) is 0. The maximum absolute atomic E-state index is 13.9. The number of fused-ring (bicyclic) bond motifs is 1. The standard InChI is InChI=1S/C14H17FO3/c1-9(3-4-10(2)16)11-7-13-14(8-12(11)15)18-6-5-17-13/h7-9H,3-6H2,1-2H3. The van der Waals surface area contributed by atoms with Crippen LogP contribution in [0.25, 0.3) is 0 Å². The van der Waals surface area contributed by atoms with Crippen LogP contribution in [0.2, 0.25) is 0 Å². The number of carbonyl (C=O) groups excluding carboxylic acids is 1. The van der Waals surface area contributed by atoms with Crippen LogP contribution in [0.5, 0.6) is 11.5 Å². The second-order valence-corrected chi connectivity index (χ2v) is 4.66. The average Bonchev–Trinajstić information content (AvgIpc) is 2.35. The van der Waals surface area contributed by atoms with Gasteiger partial charge in [0.15, 0.2) is 11.5 Å². The first-order valence-electron chi connectivity index (χ1n) is 6.16. The fourth-order valence-electron chi connectivity index (χ4n) is 2.03. The van der Waals surface area contributed by atoms with Gasteiger partial charge in [0.05, 0.1) is 0 Å². The smallest absolute Gasteiger partial charge is 0.164 e. The molecule has 1 atom stereocenters. The number of rotatable bonds is 4. The van der Waals surface area contributed by atoms with Gasteiger partial charge in [-0.1, -0.05) is 6.92 Å². The molecule has 1 aliphatic rings. The van der Waals surface area contributed by atoms with Crippen LogP contribution >= 0.6 is 0 Å². The zero-order valence-electron chi connectivity index (χ0n) is 10.7. The lowest BCUT2D eigenvalue weighted by molar-refractivity contribution is -0.117. The normalized spacial score (nSPS) is 15.3. The molecule has 1 aromatic carbocycles. The molecule has 0 amide bonds. The number of hydrogen-bond donors (Lipinski definition) is 0. The summed E-state index contributed by atoms with van der Waals surface area (Å²) in [7, 11) is 0. The average molecular weight is 252 g/mol. The first-order chi connectivity index (χ1) is 8.58. The first-order valence-corrected chi connectivity index (χ1v) is 6.16. The Labute approximate surface area is 106 Å². The summed E-state index contributed by atoms with van der Waals surface area (Å²) in [5.74, 6) is 0.869. The zero-order chi connectivity index (χ0) is 13.1. The molecule has 0 radical (unpaired) electrons. The molecular formula is C14H17FO3. The van der Waals surface area contributed by atoms with E-state index in [1.165, 1.54) is 6.07 Å². The highest BCUT2D eigenvalue weighted by Gasteiger charge is 2.19. The zero-order valence-corrected chi connectivity index (χ0v) is 10.7. The van der Waals surface area contributed by atoms with Gasteiger partial charge in [0.2, 0.25) is 0 Å². The van der Waals surface area contributed by atoms with Crippen molar-refractivity contribution in [1.82, 2.24) is 0 Å². The Bertz CT molecular complexity index is 457. The van der Waals surface area contributed by atoms with Crippen LogP contribution in [0.4, 0.5) is 4.39 Å². The highest BCUT2D eigenvalue weighted by atomic mass is 19.1. The molecule has 1 aliphatic heterocycles. The third-order valence-electron chi connectivity index (χ3n) is 3.12. The van der Waals surface area contributed by atoms with Crippen LogP contribution < -0.4 is 9.47 Å². The minimum absolute atomic E-state index is 0.00951. The third kappa shape index (κ3) is 2.81. The predicted molar refractivity (Wildman–Crippen MR) is 65.7 cm³/mol. The number of ether oxygens (including phenoxy) is 2. The van der Waals surface area contributed by atoms with Crippen molar-refractivity contribution < 1.29 is 18.7 Å². The highest BCUT2D eigenvalue weighted by Crippen LogP contribution is 2.36. The van der Waals surface area contributed by atoms with Crippen molar-refractivity contribution in [3.05, 3.63) is 23.5 Å². The largest absolute Gasteiger partial charge is 0.486 e. The molecule has 0 fully saturated rings. The fraction of sp³-hybridized carbons (Fsp3) is 0.500. The van der Waals surface area contributed by atoms with Gasteiger partial charge in [-0.05, 0) is 30.9 Å². The van der Waals surface area contributed by atoms with Crippen molar-refractivity contribution in [1.29, 1.82) is 0 Å². The van der Waals surface area contributed by atoms with E-state index < -0.39 is 0 Å². The predicted octanol–water partition coefficient (Wildman–Crippen LogP) is 3.07. The summed E-state index contributed by atoms with van der Waals surface area (Å²) in [5.41, 5.74) is 0.584. The van der Waals surface area contributed by atoms with E-state index in [0.29, 0.717) is 43.1 Å². The molecule has 18 heavy (non-hydrogen) atoms. The van der Waals surface area contributed by atoms with Crippen molar-refractivity contribution in [2.24, 2.45) is 0 Å². The van der Waals surface area contributed by atoms with E-state index in [-0.39, 0.29) is 17.5 Å². The maximum atomic E-state index is 13.9. The van der Waals surface area contributed by atoms with Crippen LogP contribution in [-0.2, 0) is 4.79 Å². The molecule has 0 saturated carbocycles. The van der Waals surface area contributed by atoms with E-state index in [4.69, 9.17) is 9.47 Å². The van der Waals surface area contributed by atoms with Crippen LogP contribution in [0.3, 0.4) is 0 Å². The van der Waals surface area contributed by atoms with E-state index >= 15 is 0 Å². The summed E-state index contributed by atoms with van der Waals surface area (Å²) in [6.07, 6.45) is 1.11. The summed E-state index contributed by atoms with van der Waals surface area (Å²) in [4.78, 5) is 11.0. The van der Waals surface area contributed by atoms with Crippen LogP contribution in [-0.4, -0.2) is 19.0 Å². The number of halogens is 1. The Morgan fingerprint density at radius 2 is 1.94 bits per heavy atom. The molecule has 1 unspecified atom stereocenters. The number of hydrogen-bond acceptors (Lipinski definition) is 3. The van der Waals surface area contributed by atoms with Crippen molar-refractivity contribution in [2.75, 3.05) is 13.2 Å². The lowest BCUT2D eigenvalue weighted by Gasteiger charge is -2.21. The summed E-state index contributed by atoms with van der Waals surface area (Å²) in [6.45, 7) is 4.40. The lowest BCUT2D eigenvalue weighted by atomic mass is 9.94. The van der Waals surface area contributed by atoms with E-state index in [2.05, 4.69) is 0 Å². The van der Waals surface area contributed by atoms with Crippen LogP contribution in [0.15, 0.2) is 12.1 Å². The van der Waals surface area contributed by atoms with Crippen LogP contribution in [0, 0.1) is 5.82 Å². The number of benzene rings is 1. The minimum Gasteiger partial charge on any atom is -0.486 e. The van der Waals surface area contributed by atoms with E-state index in [1.807, 2.05) is 6.92 Å². The van der Waals surface area contributed by atoms with Gasteiger partial charge in [-0.25, -0.2) is 4.39 Å². The van der Waals surface area contributed by atoms with Gasteiger partial charge < -0.3 is 14.3 Å². The van der Waals surface area contributed by atoms with Gasteiger partial charge in [-0.15, -0.1) is 0 Å². The minimum atomic E-state index is -0.296. The van der Waals surface area contributed by atoms with Gasteiger partial charge in [0, 0.05) is 12.5 Å². The first kappa shape index (κ1) is 12.9. The fourth-order valence-corrected chi connectivity index (χ4v) is 2.03. The molecule has 0 N–H and O–H groups in total. The topological polar surface area (TPSA) is 35.5 Å². The Morgan fingerprint density at radius 3 is 2.56 bits per heavy atom. The summed E-state index contributed by atoms with van der Waals surface area (Å²) >= 11 is 0. The lowest BCUT2D eigenvalue weighted by Crippen LogP contribution is -2.16. The highest BCUT2D eigenvalue weighted by molar-refractivity contribution is 5.75. The molecule has 4 heteroatoms. The number of carbonyl (C=O) groups is 1. The van der Waals surface area contributed by atoms with Gasteiger partial charge in [0.1, 0.15) is 24.8 Å².